The van der Waals surface area contributed by atoms with Crippen LogP contribution in [-0.2, 0) is 14.9 Å². The first-order valence-electron chi connectivity index (χ1n) is 4.96. The van der Waals surface area contributed by atoms with Crippen molar-refractivity contribution in [3.63, 3.8) is 0 Å². The normalized spacial score (nSPS) is 19.8. The zero-order valence-corrected chi connectivity index (χ0v) is 9.99. The summed E-state index contributed by atoms with van der Waals surface area (Å²) in [5, 5.41) is 0. The topological polar surface area (TPSA) is 93.5 Å². The van der Waals surface area contributed by atoms with Gasteiger partial charge in [0.1, 0.15) is 11.9 Å². The molecule has 0 fully saturated rings. The van der Waals surface area contributed by atoms with Gasteiger partial charge in [-0.3, -0.25) is 0 Å². The molecule has 1 heterocycles. The average Bonchev–Trinajstić information content (AvgIpc) is 2.63. The molecular formula is C10H13N3O3S. The monoisotopic (exact) mass is 255 g/mol. The molecule has 6 nitrogen and oxygen atoms in total. The van der Waals surface area contributed by atoms with E-state index in [0.717, 1.165) is 0 Å². The molecule has 17 heavy (non-hydrogen) atoms. The summed E-state index contributed by atoms with van der Waals surface area (Å²) in [5.74, 6) is 0.620. The molecule has 0 amide bonds. The highest BCUT2D eigenvalue weighted by atomic mass is 32.2. The van der Waals surface area contributed by atoms with E-state index < -0.39 is 16.2 Å². The number of allylic oxidation sites excluding steroid dienone is 1. The van der Waals surface area contributed by atoms with Gasteiger partial charge in [0.15, 0.2) is 0 Å². The minimum absolute atomic E-state index is 0.159. The Hall–Kier alpha value is -1.57. The number of benzene rings is 1. The van der Waals surface area contributed by atoms with Crippen LogP contribution in [-0.4, -0.2) is 14.6 Å². The number of hydrogen-bond donors (Lipinski definition) is 3. The fraction of sp³-hybridized carbons (Fsp3) is 0.200. The fourth-order valence-electron chi connectivity index (χ4n) is 1.40. The van der Waals surface area contributed by atoms with Gasteiger partial charge in [-0.2, -0.15) is 4.72 Å². The fourth-order valence-corrected chi connectivity index (χ4v) is 2.48. The molecule has 1 aromatic carbocycles. The summed E-state index contributed by atoms with van der Waals surface area (Å²) in [6.45, 7) is 1.73. The van der Waals surface area contributed by atoms with Crippen molar-refractivity contribution in [2.45, 2.75) is 18.0 Å². The standard InChI is InChI=1S/C10H13N3O3S/c1-7-6-10(12-16-7)13-17(14,15)9-4-2-8(11)3-5-9/h2-6,10,12-13H,11H2,1H3. The molecule has 0 aliphatic carbocycles. The average molecular weight is 255 g/mol. The third kappa shape index (κ3) is 2.76. The first kappa shape index (κ1) is 11.9. The summed E-state index contributed by atoms with van der Waals surface area (Å²) < 4.78 is 26.3. The Morgan fingerprint density at radius 1 is 1.35 bits per heavy atom. The molecule has 4 N–H and O–H groups in total. The van der Waals surface area contributed by atoms with Crippen LogP contribution in [0.1, 0.15) is 6.92 Å². The Labute approximate surface area is 99.5 Å². The maximum absolute atomic E-state index is 11.9. The molecule has 0 radical (unpaired) electrons. The molecular weight excluding hydrogens is 242 g/mol. The summed E-state index contributed by atoms with van der Waals surface area (Å²) >= 11 is 0. The number of anilines is 1. The van der Waals surface area contributed by atoms with Crippen LogP contribution in [0.25, 0.3) is 0 Å². The lowest BCUT2D eigenvalue weighted by Gasteiger charge is -2.11. The van der Waals surface area contributed by atoms with E-state index in [1.807, 2.05) is 0 Å². The van der Waals surface area contributed by atoms with Gasteiger partial charge in [-0.05, 0) is 37.3 Å². The highest BCUT2D eigenvalue weighted by Gasteiger charge is 2.22. The van der Waals surface area contributed by atoms with E-state index in [1.54, 1.807) is 13.0 Å². The Bertz CT molecular complexity index is 536. The maximum Gasteiger partial charge on any atom is 0.242 e. The van der Waals surface area contributed by atoms with Gasteiger partial charge >= 0.3 is 0 Å². The molecule has 1 unspecified atom stereocenters. The third-order valence-corrected chi connectivity index (χ3v) is 3.68. The number of hydrogen-bond acceptors (Lipinski definition) is 5. The number of nitrogens with two attached hydrogens (primary N) is 1. The van der Waals surface area contributed by atoms with Crippen molar-refractivity contribution in [3.8, 4) is 0 Å². The molecule has 0 aromatic heterocycles. The van der Waals surface area contributed by atoms with Crippen molar-refractivity contribution < 1.29 is 13.3 Å². The zero-order chi connectivity index (χ0) is 12.5. The van der Waals surface area contributed by atoms with Crippen LogP contribution in [0.15, 0.2) is 41.0 Å². The minimum Gasteiger partial charge on any atom is -0.412 e. The van der Waals surface area contributed by atoms with E-state index in [0.29, 0.717) is 11.4 Å². The van der Waals surface area contributed by atoms with E-state index in [-0.39, 0.29) is 4.90 Å². The van der Waals surface area contributed by atoms with E-state index >= 15 is 0 Å². The second-order valence-corrected chi connectivity index (χ2v) is 5.38. The largest absolute Gasteiger partial charge is 0.412 e. The lowest BCUT2D eigenvalue weighted by atomic mass is 10.3. The second kappa shape index (κ2) is 4.36. The minimum atomic E-state index is -3.58. The Morgan fingerprint density at radius 2 is 2.00 bits per heavy atom. The van der Waals surface area contributed by atoms with E-state index in [9.17, 15) is 8.42 Å². The lowest BCUT2D eigenvalue weighted by Crippen LogP contribution is -2.40. The molecule has 2 rings (SSSR count). The number of hydroxylamine groups is 1. The Balaban J connectivity index is 2.17. The number of sulfonamides is 1. The Morgan fingerprint density at radius 3 is 2.53 bits per heavy atom. The maximum atomic E-state index is 11.9. The van der Waals surface area contributed by atoms with Crippen molar-refractivity contribution in [3.05, 3.63) is 36.1 Å². The predicted molar refractivity (Wildman–Crippen MR) is 62.9 cm³/mol. The third-order valence-electron chi connectivity index (χ3n) is 2.22. The van der Waals surface area contributed by atoms with E-state index in [2.05, 4.69) is 10.2 Å². The smallest absolute Gasteiger partial charge is 0.242 e. The molecule has 0 bridgehead atoms. The summed E-state index contributed by atoms with van der Waals surface area (Å²) in [4.78, 5) is 5.09. The molecule has 0 spiro atoms. The van der Waals surface area contributed by atoms with Crippen molar-refractivity contribution in [1.29, 1.82) is 0 Å². The van der Waals surface area contributed by atoms with Gasteiger partial charge in [-0.1, -0.05) is 0 Å². The van der Waals surface area contributed by atoms with Crippen molar-refractivity contribution >= 4 is 15.7 Å². The zero-order valence-electron chi connectivity index (χ0n) is 9.17. The van der Waals surface area contributed by atoms with Crippen LogP contribution in [0.2, 0.25) is 0 Å². The Kier molecular flexibility index (Phi) is 3.05. The molecule has 92 valence electrons. The van der Waals surface area contributed by atoms with Crippen LogP contribution in [0.3, 0.4) is 0 Å². The molecule has 0 saturated heterocycles. The quantitative estimate of drug-likeness (QED) is 0.676. The number of nitrogen functional groups attached to an aromatic ring is 1. The highest BCUT2D eigenvalue weighted by molar-refractivity contribution is 7.89. The van der Waals surface area contributed by atoms with Crippen molar-refractivity contribution in [2.24, 2.45) is 0 Å². The van der Waals surface area contributed by atoms with Crippen LogP contribution in [0.4, 0.5) is 5.69 Å². The van der Waals surface area contributed by atoms with E-state index in [1.165, 1.54) is 24.3 Å². The van der Waals surface area contributed by atoms with Crippen molar-refractivity contribution in [2.75, 3.05) is 5.73 Å². The molecule has 0 saturated carbocycles. The second-order valence-electron chi connectivity index (χ2n) is 3.67. The molecule has 1 aliphatic heterocycles. The highest BCUT2D eigenvalue weighted by Crippen LogP contribution is 2.13. The van der Waals surface area contributed by atoms with Crippen LogP contribution in [0.5, 0.6) is 0 Å². The summed E-state index contributed by atoms with van der Waals surface area (Å²) in [6, 6.07) is 5.97. The molecule has 1 aromatic rings. The summed E-state index contributed by atoms with van der Waals surface area (Å²) in [6.07, 6.45) is 1.08. The first-order valence-corrected chi connectivity index (χ1v) is 6.44. The van der Waals surface area contributed by atoms with Gasteiger partial charge < -0.3 is 10.6 Å². The number of nitrogens with one attached hydrogen (secondary N) is 2. The van der Waals surface area contributed by atoms with Gasteiger partial charge in [0.05, 0.1) is 4.90 Å². The van der Waals surface area contributed by atoms with Gasteiger partial charge in [-0.15, -0.1) is 5.48 Å². The van der Waals surface area contributed by atoms with Gasteiger partial charge in [0.2, 0.25) is 10.0 Å². The van der Waals surface area contributed by atoms with E-state index in [4.69, 9.17) is 10.6 Å². The molecule has 7 heteroatoms. The van der Waals surface area contributed by atoms with Crippen LogP contribution < -0.4 is 15.9 Å². The van der Waals surface area contributed by atoms with Crippen molar-refractivity contribution in [1.82, 2.24) is 10.2 Å². The van der Waals surface area contributed by atoms with Crippen LogP contribution >= 0.6 is 0 Å². The van der Waals surface area contributed by atoms with Gasteiger partial charge in [0.25, 0.3) is 0 Å². The SMILES string of the molecule is CC1=CC(NS(=O)(=O)c2ccc(N)cc2)NO1. The predicted octanol–water partition coefficient (Wildman–Crippen LogP) is 0.312. The van der Waals surface area contributed by atoms with Gasteiger partial charge in [-0.25, -0.2) is 8.42 Å². The van der Waals surface area contributed by atoms with Gasteiger partial charge in [0, 0.05) is 5.69 Å². The summed E-state index contributed by atoms with van der Waals surface area (Å²) in [7, 11) is -3.58. The number of rotatable bonds is 3. The first-order chi connectivity index (χ1) is 7.97. The molecule has 1 atom stereocenters. The summed E-state index contributed by atoms with van der Waals surface area (Å²) in [5.41, 5.74) is 8.55. The lowest BCUT2D eigenvalue weighted by molar-refractivity contribution is 0.115. The van der Waals surface area contributed by atoms with Crippen LogP contribution in [0, 0.1) is 0 Å². The molecule has 1 aliphatic rings.